The molecule has 0 amide bonds. The first-order chi connectivity index (χ1) is 12.4. The second-order valence-corrected chi connectivity index (χ2v) is 5.77. The van der Waals surface area contributed by atoms with Crippen LogP contribution in [-0.2, 0) is 6.42 Å². The van der Waals surface area contributed by atoms with E-state index in [2.05, 4.69) is 38.1 Å². The Morgan fingerprint density at radius 2 is 1.08 bits per heavy atom. The van der Waals surface area contributed by atoms with E-state index in [0.717, 1.165) is 6.42 Å². The maximum atomic E-state index is 9.22. The summed E-state index contributed by atoms with van der Waals surface area (Å²) in [7, 11) is 0. The molecule has 0 bridgehead atoms. The van der Waals surface area contributed by atoms with Crippen molar-refractivity contribution in [2.24, 2.45) is 0 Å². The van der Waals surface area contributed by atoms with Crippen LogP contribution >= 0.6 is 0 Å². The third-order valence-electron chi connectivity index (χ3n) is 3.26. The van der Waals surface area contributed by atoms with Crippen molar-refractivity contribution >= 4 is 0 Å². The SMILES string of the molecule is CC.CC.CC(C)c1ccc(Cc2ccc(O)cc2)cc1.CC(O)CO. The summed E-state index contributed by atoms with van der Waals surface area (Å²) in [5.74, 6) is 0.904. The van der Waals surface area contributed by atoms with Gasteiger partial charge in [-0.15, -0.1) is 0 Å². The highest BCUT2D eigenvalue weighted by atomic mass is 16.3. The molecule has 1 atom stereocenters. The van der Waals surface area contributed by atoms with Crippen molar-refractivity contribution in [1.82, 2.24) is 0 Å². The van der Waals surface area contributed by atoms with Crippen molar-refractivity contribution in [2.45, 2.75) is 66.9 Å². The van der Waals surface area contributed by atoms with E-state index in [1.165, 1.54) is 23.6 Å². The maximum absolute atomic E-state index is 9.22. The van der Waals surface area contributed by atoms with Gasteiger partial charge in [0, 0.05) is 0 Å². The van der Waals surface area contributed by atoms with Crippen molar-refractivity contribution < 1.29 is 15.3 Å². The van der Waals surface area contributed by atoms with Crippen LogP contribution in [0.25, 0.3) is 0 Å². The lowest BCUT2D eigenvalue weighted by molar-refractivity contribution is 0.110. The Labute approximate surface area is 160 Å². The topological polar surface area (TPSA) is 60.7 Å². The molecule has 0 spiro atoms. The van der Waals surface area contributed by atoms with E-state index >= 15 is 0 Å². The number of aliphatic hydroxyl groups is 2. The van der Waals surface area contributed by atoms with Gasteiger partial charge in [-0.2, -0.15) is 0 Å². The van der Waals surface area contributed by atoms with Gasteiger partial charge in [-0.3, -0.25) is 0 Å². The third-order valence-corrected chi connectivity index (χ3v) is 3.26. The van der Waals surface area contributed by atoms with Gasteiger partial charge in [-0.05, 0) is 48.1 Å². The van der Waals surface area contributed by atoms with Crippen LogP contribution in [0.5, 0.6) is 5.75 Å². The highest BCUT2D eigenvalue weighted by Gasteiger charge is 2.00. The van der Waals surface area contributed by atoms with Crippen molar-refractivity contribution in [1.29, 1.82) is 0 Å². The molecule has 0 aliphatic rings. The van der Waals surface area contributed by atoms with E-state index in [9.17, 15) is 5.11 Å². The van der Waals surface area contributed by atoms with Crippen molar-refractivity contribution in [3.8, 4) is 5.75 Å². The average molecular weight is 363 g/mol. The number of phenolic OH excluding ortho intramolecular Hbond substituents is 1. The molecule has 148 valence electrons. The predicted molar refractivity (Wildman–Crippen MR) is 113 cm³/mol. The molecule has 0 radical (unpaired) electrons. The van der Waals surface area contributed by atoms with Gasteiger partial charge in [0.2, 0.25) is 0 Å². The molecule has 0 aliphatic heterocycles. The molecular weight excluding hydrogens is 324 g/mol. The molecule has 0 aromatic heterocycles. The molecule has 0 saturated heterocycles. The summed E-state index contributed by atoms with van der Waals surface area (Å²) in [4.78, 5) is 0. The summed E-state index contributed by atoms with van der Waals surface area (Å²) in [6, 6.07) is 16.2. The molecule has 0 fully saturated rings. The second kappa shape index (κ2) is 16.6. The summed E-state index contributed by atoms with van der Waals surface area (Å²) in [6.45, 7) is 13.8. The minimum absolute atomic E-state index is 0.139. The highest BCUT2D eigenvalue weighted by molar-refractivity contribution is 5.32. The maximum Gasteiger partial charge on any atom is 0.115 e. The van der Waals surface area contributed by atoms with Crippen LogP contribution in [0.3, 0.4) is 0 Å². The molecular formula is C23H38O3. The molecule has 2 aromatic rings. The molecule has 0 saturated carbocycles. The van der Waals surface area contributed by atoms with Crippen LogP contribution in [0.15, 0.2) is 48.5 Å². The Bertz CT molecular complexity index is 528. The van der Waals surface area contributed by atoms with Gasteiger partial charge >= 0.3 is 0 Å². The summed E-state index contributed by atoms with van der Waals surface area (Å²) in [5, 5.41) is 25.2. The summed E-state index contributed by atoms with van der Waals surface area (Å²) < 4.78 is 0. The van der Waals surface area contributed by atoms with Crippen LogP contribution in [0.4, 0.5) is 0 Å². The number of hydrogen-bond acceptors (Lipinski definition) is 3. The standard InChI is InChI=1S/C16H18O.C3H8O2.2C2H6/c1-12(2)15-7-3-13(4-8-15)11-14-5-9-16(17)10-6-14;1-3(5)2-4;2*1-2/h3-10,12,17H,11H2,1-2H3;3-5H,2H2,1H3;2*1-2H3. The zero-order chi connectivity index (χ0) is 20.5. The summed E-state index contributed by atoms with van der Waals surface area (Å²) in [6.07, 6.45) is 0.355. The van der Waals surface area contributed by atoms with Crippen LogP contribution in [0, 0.1) is 0 Å². The van der Waals surface area contributed by atoms with Crippen LogP contribution in [-0.4, -0.2) is 28.0 Å². The first-order valence-electron chi connectivity index (χ1n) is 9.58. The Balaban J connectivity index is 0. The van der Waals surface area contributed by atoms with Gasteiger partial charge < -0.3 is 15.3 Å². The Kier molecular flexibility index (Phi) is 16.9. The number of benzene rings is 2. The quantitative estimate of drug-likeness (QED) is 0.671. The molecule has 2 aromatic carbocycles. The molecule has 2 rings (SSSR count). The average Bonchev–Trinajstić information content (AvgIpc) is 2.68. The number of hydrogen-bond donors (Lipinski definition) is 3. The van der Waals surface area contributed by atoms with E-state index < -0.39 is 6.10 Å². The van der Waals surface area contributed by atoms with Gasteiger partial charge in [-0.25, -0.2) is 0 Å². The summed E-state index contributed by atoms with van der Waals surface area (Å²) >= 11 is 0. The molecule has 3 heteroatoms. The second-order valence-electron chi connectivity index (χ2n) is 5.77. The summed E-state index contributed by atoms with van der Waals surface area (Å²) in [5.41, 5.74) is 3.90. The number of phenols is 1. The zero-order valence-electron chi connectivity index (χ0n) is 17.5. The Morgan fingerprint density at radius 1 is 0.731 bits per heavy atom. The van der Waals surface area contributed by atoms with Gasteiger partial charge in [0.15, 0.2) is 0 Å². The minimum Gasteiger partial charge on any atom is -0.508 e. The number of aromatic hydroxyl groups is 1. The molecule has 1 unspecified atom stereocenters. The van der Waals surface area contributed by atoms with Crippen LogP contribution in [0.2, 0.25) is 0 Å². The largest absolute Gasteiger partial charge is 0.508 e. The molecule has 3 N–H and O–H groups in total. The fourth-order valence-corrected chi connectivity index (χ4v) is 1.87. The lowest BCUT2D eigenvalue weighted by Crippen LogP contribution is -2.03. The third kappa shape index (κ3) is 12.5. The lowest BCUT2D eigenvalue weighted by atomic mass is 9.99. The molecule has 3 nitrogen and oxygen atoms in total. The minimum atomic E-state index is -0.560. The number of rotatable bonds is 4. The molecule has 0 heterocycles. The first kappa shape index (κ1) is 26.4. The predicted octanol–water partition coefficient (Wildman–Crippen LogP) is 5.52. The van der Waals surface area contributed by atoms with Crippen LogP contribution in [0.1, 0.15) is 71.1 Å². The van der Waals surface area contributed by atoms with E-state index in [-0.39, 0.29) is 6.61 Å². The highest BCUT2D eigenvalue weighted by Crippen LogP contribution is 2.17. The fourth-order valence-electron chi connectivity index (χ4n) is 1.87. The number of aliphatic hydroxyl groups excluding tert-OH is 2. The van der Waals surface area contributed by atoms with E-state index in [0.29, 0.717) is 11.7 Å². The van der Waals surface area contributed by atoms with E-state index in [1.807, 2.05) is 39.8 Å². The van der Waals surface area contributed by atoms with Gasteiger partial charge in [0.25, 0.3) is 0 Å². The molecule has 26 heavy (non-hydrogen) atoms. The lowest BCUT2D eigenvalue weighted by Gasteiger charge is -2.07. The van der Waals surface area contributed by atoms with E-state index in [1.54, 1.807) is 12.1 Å². The fraction of sp³-hybridized carbons (Fsp3) is 0.478. The van der Waals surface area contributed by atoms with Crippen LogP contribution < -0.4 is 0 Å². The van der Waals surface area contributed by atoms with Gasteiger partial charge in [0.1, 0.15) is 5.75 Å². The van der Waals surface area contributed by atoms with E-state index in [4.69, 9.17) is 10.2 Å². The van der Waals surface area contributed by atoms with Crippen molar-refractivity contribution in [3.05, 3.63) is 65.2 Å². The molecule has 0 aliphatic carbocycles. The van der Waals surface area contributed by atoms with Gasteiger partial charge in [0.05, 0.1) is 12.7 Å². The first-order valence-corrected chi connectivity index (χ1v) is 9.58. The normalized spacial score (nSPS) is 10.4. The Morgan fingerprint density at radius 3 is 1.38 bits per heavy atom. The van der Waals surface area contributed by atoms with Crippen molar-refractivity contribution in [3.63, 3.8) is 0 Å². The van der Waals surface area contributed by atoms with Gasteiger partial charge in [-0.1, -0.05) is 77.9 Å². The van der Waals surface area contributed by atoms with Crippen molar-refractivity contribution in [2.75, 3.05) is 6.61 Å². The smallest absolute Gasteiger partial charge is 0.115 e. The Hall–Kier alpha value is -1.84. The monoisotopic (exact) mass is 362 g/mol. The zero-order valence-corrected chi connectivity index (χ0v) is 17.5.